The molecule has 0 spiro atoms. The van der Waals surface area contributed by atoms with Gasteiger partial charge in [-0.05, 0) is 0 Å². The third-order valence-corrected chi connectivity index (χ3v) is 6.87. The van der Waals surface area contributed by atoms with E-state index in [1.807, 2.05) is 0 Å². The molecule has 0 amide bonds. The van der Waals surface area contributed by atoms with E-state index in [1.165, 1.54) is 0 Å². The standard InChI is InChI=1S/C4H8O8S3/c5-13(6)1-3(14(7,8)9)4(2-13)15(10,11)12/h3-4H,1-2H2,(H,7,8,9)(H,10,11,12). The topological polar surface area (TPSA) is 143 Å². The Balaban J connectivity index is 3.29. The van der Waals surface area contributed by atoms with Crippen LogP contribution in [-0.4, -0.2) is 56.4 Å². The summed E-state index contributed by atoms with van der Waals surface area (Å²) in [4.78, 5) is 0. The highest BCUT2D eigenvalue weighted by molar-refractivity contribution is 7.97. The van der Waals surface area contributed by atoms with Gasteiger partial charge in [0.2, 0.25) is 0 Å². The van der Waals surface area contributed by atoms with Crippen LogP contribution in [0.5, 0.6) is 0 Å². The molecular formula is C4H8O8S3. The highest BCUT2D eigenvalue weighted by Gasteiger charge is 2.50. The van der Waals surface area contributed by atoms with Crippen molar-refractivity contribution in [2.24, 2.45) is 0 Å². The highest BCUT2D eigenvalue weighted by atomic mass is 32.2. The second-order valence-electron chi connectivity index (χ2n) is 3.18. The van der Waals surface area contributed by atoms with Crippen LogP contribution in [0.4, 0.5) is 0 Å². The largest absolute Gasteiger partial charge is 0.285 e. The predicted molar refractivity (Wildman–Crippen MR) is 49.3 cm³/mol. The average molecular weight is 280 g/mol. The SMILES string of the molecule is O=S1(=O)CC(S(=O)(=O)O)C(S(=O)(=O)O)C1. The minimum Gasteiger partial charge on any atom is -0.285 e. The minimum absolute atomic E-state index is 1.00. The van der Waals surface area contributed by atoms with E-state index in [0.717, 1.165) is 0 Å². The predicted octanol–water partition coefficient (Wildman–Crippen LogP) is -2.07. The van der Waals surface area contributed by atoms with Gasteiger partial charge in [0, 0.05) is 0 Å². The normalized spacial score (nSPS) is 31.6. The molecular weight excluding hydrogens is 272 g/mol. The highest BCUT2D eigenvalue weighted by Crippen LogP contribution is 2.24. The lowest BCUT2D eigenvalue weighted by atomic mass is 10.4. The summed E-state index contributed by atoms with van der Waals surface area (Å²) in [5.74, 6) is -2.01. The summed E-state index contributed by atoms with van der Waals surface area (Å²) in [6.45, 7) is 0. The van der Waals surface area contributed by atoms with Gasteiger partial charge in [-0.25, -0.2) is 8.42 Å². The van der Waals surface area contributed by atoms with Gasteiger partial charge in [0.15, 0.2) is 9.84 Å². The Morgan fingerprint density at radius 1 is 0.867 bits per heavy atom. The molecule has 2 N–H and O–H groups in total. The molecule has 90 valence electrons. The fourth-order valence-corrected chi connectivity index (χ4v) is 7.61. The molecule has 1 saturated heterocycles. The van der Waals surface area contributed by atoms with Crippen LogP contribution >= 0.6 is 0 Å². The third kappa shape index (κ3) is 2.87. The fourth-order valence-electron chi connectivity index (χ4n) is 1.34. The van der Waals surface area contributed by atoms with Crippen molar-refractivity contribution in [1.82, 2.24) is 0 Å². The second-order valence-corrected chi connectivity index (χ2v) is 8.61. The van der Waals surface area contributed by atoms with Gasteiger partial charge in [-0.3, -0.25) is 9.11 Å². The molecule has 0 aromatic carbocycles. The van der Waals surface area contributed by atoms with Crippen molar-refractivity contribution in [3.8, 4) is 0 Å². The second kappa shape index (κ2) is 3.38. The molecule has 0 radical (unpaired) electrons. The first-order valence-electron chi connectivity index (χ1n) is 3.56. The van der Waals surface area contributed by atoms with Gasteiger partial charge in [0.25, 0.3) is 20.2 Å². The smallest absolute Gasteiger partial charge is 0.270 e. The average Bonchev–Trinajstić information content (AvgIpc) is 2.23. The van der Waals surface area contributed by atoms with Crippen molar-refractivity contribution >= 4 is 30.1 Å². The number of hydrogen-bond acceptors (Lipinski definition) is 6. The van der Waals surface area contributed by atoms with Crippen molar-refractivity contribution in [3.05, 3.63) is 0 Å². The summed E-state index contributed by atoms with van der Waals surface area (Å²) in [6, 6.07) is 0. The van der Waals surface area contributed by atoms with E-state index in [9.17, 15) is 25.3 Å². The summed E-state index contributed by atoms with van der Waals surface area (Å²) in [7, 11) is -13.5. The van der Waals surface area contributed by atoms with Crippen LogP contribution in [0.25, 0.3) is 0 Å². The summed E-state index contributed by atoms with van der Waals surface area (Å²) >= 11 is 0. The Labute approximate surface area is 86.7 Å². The Kier molecular flexibility index (Phi) is 2.89. The lowest BCUT2D eigenvalue weighted by molar-refractivity contribution is 0.450. The molecule has 0 aliphatic carbocycles. The van der Waals surface area contributed by atoms with E-state index in [-0.39, 0.29) is 0 Å². The molecule has 0 saturated carbocycles. The van der Waals surface area contributed by atoms with Crippen molar-refractivity contribution in [3.63, 3.8) is 0 Å². The Bertz CT molecular complexity index is 505. The van der Waals surface area contributed by atoms with Crippen molar-refractivity contribution < 1.29 is 34.4 Å². The molecule has 1 aliphatic rings. The van der Waals surface area contributed by atoms with E-state index in [4.69, 9.17) is 9.11 Å². The van der Waals surface area contributed by atoms with E-state index >= 15 is 0 Å². The van der Waals surface area contributed by atoms with Gasteiger partial charge in [0.05, 0.1) is 11.5 Å². The quantitative estimate of drug-likeness (QED) is 0.549. The lowest BCUT2D eigenvalue weighted by Crippen LogP contribution is -2.38. The monoisotopic (exact) mass is 280 g/mol. The van der Waals surface area contributed by atoms with Crippen LogP contribution in [0.1, 0.15) is 0 Å². The summed E-state index contributed by atoms with van der Waals surface area (Å²) in [5.41, 5.74) is 0. The van der Waals surface area contributed by atoms with Gasteiger partial charge in [0.1, 0.15) is 10.5 Å². The molecule has 0 aromatic heterocycles. The number of hydrogen-bond donors (Lipinski definition) is 2. The number of sulfone groups is 1. The van der Waals surface area contributed by atoms with Crippen LogP contribution in [0.3, 0.4) is 0 Å². The summed E-state index contributed by atoms with van der Waals surface area (Å²) < 4.78 is 82.0. The first-order chi connectivity index (χ1) is 6.43. The van der Waals surface area contributed by atoms with Crippen LogP contribution in [0.2, 0.25) is 0 Å². The minimum atomic E-state index is -4.82. The fraction of sp³-hybridized carbons (Fsp3) is 1.00. The van der Waals surface area contributed by atoms with Gasteiger partial charge < -0.3 is 0 Å². The molecule has 2 atom stereocenters. The molecule has 1 heterocycles. The molecule has 15 heavy (non-hydrogen) atoms. The molecule has 1 aliphatic heterocycles. The first kappa shape index (κ1) is 12.8. The first-order valence-corrected chi connectivity index (χ1v) is 8.39. The zero-order valence-electron chi connectivity index (χ0n) is 7.14. The molecule has 8 nitrogen and oxygen atoms in total. The zero-order valence-corrected chi connectivity index (χ0v) is 9.59. The molecule has 1 rings (SSSR count). The third-order valence-electron chi connectivity index (χ3n) is 2.02. The molecule has 0 bridgehead atoms. The van der Waals surface area contributed by atoms with E-state index in [1.54, 1.807) is 0 Å². The zero-order chi connectivity index (χ0) is 12.1. The molecule has 0 aromatic rings. The Hall–Kier alpha value is -0.230. The van der Waals surface area contributed by atoms with Crippen LogP contribution in [-0.2, 0) is 30.1 Å². The van der Waals surface area contributed by atoms with Crippen molar-refractivity contribution in [2.45, 2.75) is 10.5 Å². The maximum absolute atomic E-state index is 11.0. The van der Waals surface area contributed by atoms with Crippen LogP contribution in [0.15, 0.2) is 0 Å². The maximum Gasteiger partial charge on any atom is 0.270 e. The van der Waals surface area contributed by atoms with Gasteiger partial charge in [-0.1, -0.05) is 0 Å². The molecule has 1 fully saturated rings. The maximum atomic E-state index is 11.0. The molecule has 2 unspecified atom stereocenters. The van der Waals surface area contributed by atoms with E-state index in [2.05, 4.69) is 0 Å². The van der Waals surface area contributed by atoms with Crippen molar-refractivity contribution in [1.29, 1.82) is 0 Å². The summed E-state index contributed by atoms with van der Waals surface area (Å²) in [5, 5.41) is -4.03. The Morgan fingerprint density at radius 3 is 1.33 bits per heavy atom. The Morgan fingerprint density at radius 2 is 1.13 bits per heavy atom. The van der Waals surface area contributed by atoms with E-state index < -0.39 is 52.1 Å². The number of rotatable bonds is 2. The van der Waals surface area contributed by atoms with Gasteiger partial charge in [-0.2, -0.15) is 16.8 Å². The lowest BCUT2D eigenvalue weighted by Gasteiger charge is -2.11. The summed E-state index contributed by atoms with van der Waals surface area (Å²) in [6.07, 6.45) is 0. The van der Waals surface area contributed by atoms with Gasteiger partial charge in [-0.15, -0.1) is 0 Å². The van der Waals surface area contributed by atoms with Crippen LogP contribution < -0.4 is 0 Å². The molecule has 11 heteroatoms. The van der Waals surface area contributed by atoms with E-state index in [0.29, 0.717) is 0 Å². The van der Waals surface area contributed by atoms with Crippen LogP contribution in [0, 0.1) is 0 Å². The van der Waals surface area contributed by atoms with Gasteiger partial charge >= 0.3 is 0 Å². The van der Waals surface area contributed by atoms with Crippen molar-refractivity contribution in [2.75, 3.05) is 11.5 Å².